The Kier molecular flexibility index (Phi) is 4.14. The van der Waals surface area contributed by atoms with Crippen LogP contribution in [0, 0.1) is 0 Å². The van der Waals surface area contributed by atoms with Crippen LogP contribution in [-0.4, -0.2) is 10.9 Å². The molecule has 1 N–H and O–H groups in total. The summed E-state index contributed by atoms with van der Waals surface area (Å²) in [6.07, 6.45) is 1.47. The van der Waals surface area contributed by atoms with Crippen LogP contribution in [-0.2, 0) is 0 Å². The molecule has 5 heteroatoms. The second kappa shape index (κ2) is 6.75. The lowest BCUT2D eigenvalue weighted by molar-refractivity contribution is 0.0996. The zero-order valence-corrected chi connectivity index (χ0v) is 14.0. The highest BCUT2D eigenvalue weighted by molar-refractivity contribution is 7.19. The number of benzene rings is 2. The summed E-state index contributed by atoms with van der Waals surface area (Å²) < 4.78 is 5.14. The van der Waals surface area contributed by atoms with Gasteiger partial charge in [-0.1, -0.05) is 72.0 Å². The standard InChI is InChI=1S/C20H14N2O2S/c23-19(16-12-7-13-24-16)22-20-21-17(14-8-3-1-4-9-14)18(25-20)15-10-5-2-6-11-15/h1-13H,(H,21,22,23). The van der Waals surface area contributed by atoms with Crippen molar-refractivity contribution in [2.24, 2.45) is 0 Å². The molecule has 0 aliphatic rings. The number of amides is 1. The van der Waals surface area contributed by atoms with E-state index in [1.54, 1.807) is 12.1 Å². The number of rotatable bonds is 4. The van der Waals surface area contributed by atoms with Crippen LogP contribution in [0.5, 0.6) is 0 Å². The van der Waals surface area contributed by atoms with Crippen LogP contribution in [0.4, 0.5) is 5.13 Å². The van der Waals surface area contributed by atoms with Crippen LogP contribution in [0.2, 0.25) is 0 Å². The van der Waals surface area contributed by atoms with Crippen molar-refractivity contribution in [1.29, 1.82) is 0 Å². The van der Waals surface area contributed by atoms with E-state index in [0.717, 1.165) is 21.7 Å². The fraction of sp³-hybridized carbons (Fsp3) is 0. The highest BCUT2D eigenvalue weighted by atomic mass is 32.1. The Morgan fingerprint density at radius 2 is 1.56 bits per heavy atom. The van der Waals surface area contributed by atoms with Crippen LogP contribution >= 0.6 is 11.3 Å². The molecule has 0 saturated carbocycles. The maximum Gasteiger partial charge on any atom is 0.293 e. The second-order valence-electron chi connectivity index (χ2n) is 5.36. The average molecular weight is 346 g/mol. The highest BCUT2D eigenvalue weighted by Gasteiger charge is 2.17. The van der Waals surface area contributed by atoms with Crippen LogP contribution < -0.4 is 5.32 Å². The lowest BCUT2D eigenvalue weighted by Gasteiger charge is -2.02. The fourth-order valence-electron chi connectivity index (χ4n) is 2.52. The number of aromatic nitrogens is 1. The zero-order valence-electron chi connectivity index (χ0n) is 13.2. The maximum atomic E-state index is 12.2. The number of furan rings is 1. The van der Waals surface area contributed by atoms with Crippen molar-refractivity contribution in [1.82, 2.24) is 4.98 Å². The third-order valence-corrected chi connectivity index (χ3v) is 4.70. The van der Waals surface area contributed by atoms with Gasteiger partial charge in [-0.3, -0.25) is 10.1 Å². The molecule has 0 radical (unpaired) electrons. The Morgan fingerprint density at radius 1 is 0.880 bits per heavy atom. The number of hydrogen-bond donors (Lipinski definition) is 1. The van der Waals surface area contributed by atoms with Gasteiger partial charge in [0.2, 0.25) is 0 Å². The molecule has 0 spiro atoms. The van der Waals surface area contributed by atoms with Crippen molar-refractivity contribution >= 4 is 22.4 Å². The van der Waals surface area contributed by atoms with Gasteiger partial charge in [0.05, 0.1) is 16.8 Å². The van der Waals surface area contributed by atoms with E-state index in [0.29, 0.717) is 5.13 Å². The first kappa shape index (κ1) is 15.4. The smallest absolute Gasteiger partial charge is 0.293 e. The molecule has 4 rings (SSSR count). The molecular formula is C20H14N2O2S. The van der Waals surface area contributed by atoms with E-state index in [9.17, 15) is 4.79 Å². The summed E-state index contributed by atoms with van der Waals surface area (Å²) >= 11 is 1.45. The molecule has 2 aromatic carbocycles. The summed E-state index contributed by atoms with van der Waals surface area (Å²) in [6.45, 7) is 0. The number of thiazole rings is 1. The lowest BCUT2D eigenvalue weighted by atomic mass is 10.1. The Morgan fingerprint density at radius 3 is 2.20 bits per heavy atom. The van der Waals surface area contributed by atoms with E-state index < -0.39 is 0 Å². The SMILES string of the molecule is O=C(Nc1nc(-c2ccccc2)c(-c2ccccc2)s1)c1ccco1. The van der Waals surface area contributed by atoms with Crippen molar-refractivity contribution in [3.05, 3.63) is 84.8 Å². The van der Waals surface area contributed by atoms with Crippen molar-refractivity contribution in [3.8, 4) is 21.7 Å². The molecule has 0 aliphatic carbocycles. The van der Waals surface area contributed by atoms with Gasteiger partial charge in [0, 0.05) is 5.56 Å². The second-order valence-corrected chi connectivity index (χ2v) is 6.36. The monoisotopic (exact) mass is 346 g/mol. The number of carbonyl (C=O) groups excluding carboxylic acids is 1. The third kappa shape index (κ3) is 3.22. The van der Waals surface area contributed by atoms with Crippen LogP contribution in [0.25, 0.3) is 21.7 Å². The number of nitrogens with one attached hydrogen (secondary N) is 1. The van der Waals surface area contributed by atoms with Gasteiger partial charge in [-0.15, -0.1) is 0 Å². The third-order valence-electron chi connectivity index (χ3n) is 3.68. The van der Waals surface area contributed by atoms with Gasteiger partial charge in [0.25, 0.3) is 5.91 Å². The molecule has 0 unspecified atom stereocenters. The van der Waals surface area contributed by atoms with Crippen LogP contribution in [0.15, 0.2) is 83.5 Å². The molecule has 0 saturated heterocycles. The molecular weight excluding hydrogens is 332 g/mol. The van der Waals surface area contributed by atoms with E-state index in [1.165, 1.54) is 17.6 Å². The maximum absolute atomic E-state index is 12.2. The number of anilines is 1. The Bertz CT molecular complexity index is 920. The quantitative estimate of drug-likeness (QED) is 0.544. The predicted molar refractivity (Wildman–Crippen MR) is 99.6 cm³/mol. The molecule has 0 atom stereocenters. The van der Waals surface area contributed by atoms with Crippen molar-refractivity contribution in [2.75, 3.05) is 5.32 Å². The molecule has 0 aliphatic heterocycles. The first-order chi connectivity index (χ1) is 12.3. The minimum absolute atomic E-state index is 0.262. The summed E-state index contributed by atoms with van der Waals surface area (Å²) in [5.74, 6) is -0.0457. The van der Waals surface area contributed by atoms with Gasteiger partial charge in [-0.05, 0) is 17.7 Å². The Labute approximate surface area is 148 Å². The van der Waals surface area contributed by atoms with E-state index in [-0.39, 0.29) is 11.7 Å². The first-order valence-corrected chi connectivity index (χ1v) is 8.59. The van der Waals surface area contributed by atoms with Crippen molar-refractivity contribution < 1.29 is 9.21 Å². The first-order valence-electron chi connectivity index (χ1n) is 7.78. The van der Waals surface area contributed by atoms with Crippen molar-refractivity contribution in [3.63, 3.8) is 0 Å². The summed E-state index contributed by atoms with van der Waals surface area (Å²) in [6, 6.07) is 23.3. The van der Waals surface area contributed by atoms with Gasteiger partial charge in [0.1, 0.15) is 0 Å². The summed E-state index contributed by atoms with van der Waals surface area (Å²) in [5.41, 5.74) is 2.93. The summed E-state index contributed by atoms with van der Waals surface area (Å²) in [7, 11) is 0. The van der Waals surface area contributed by atoms with Gasteiger partial charge in [0.15, 0.2) is 10.9 Å². The predicted octanol–water partition coefficient (Wildman–Crippen LogP) is 5.32. The molecule has 2 heterocycles. The van der Waals surface area contributed by atoms with E-state index in [4.69, 9.17) is 4.42 Å². The van der Waals surface area contributed by atoms with E-state index in [2.05, 4.69) is 10.3 Å². The minimum Gasteiger partial charge on any atom is -0.459 e. The summed E-state index contributed by atoms with van der Waals surface area (Å²) in [4.78, 5) is 17.9. The molecule has 0 fully saturated rings. The van der Waals surface area contributed by atoms with Gasteiger partial charge >= 0.3 is 0 Å². The van der Waals surface area contributed by atoms with Crippen LogP contribution in [0.1, 0.15) is 10.6 Å². The number of nitrogens with zero attached hydrogens (tertiary/aromatic N) is 1. The van der Waals surface area contributed by atoms with Crippen LogP contribution in [0.3, 0.4) is 0 Å². The molecule has 0 bridgehead atoms. The highest BCUT2D eigenvalue weighted by Crippen LogP contribution is 2.38. The molecule has 1 amide bonds. The largest absolute Gasteiger partial charge is 0.459 e. The van der Waals surface area contributed by atoms with E-state index in [1.807, 2.05) is 60.7 Å². The molecule has 2 aromatic heterocycles. The van der Waals surface area contributed by atoms with Gasteiger partial charge in [-0.2, -0.15) is 0 Å². The van der Waals surface area contributed by atoms with Gasteiger partial charge < -0.3 is 4.42 Å². The fourth-order valence-corrected chi connectivity index (χ4v) is 3.51. The normalized spacial score (nSPS) is 10.6. The zero-order chi connectivity index (χ0) is 17.1. The lowest BCUT2D eigenvalue weighted by Crippen LogP contribution is -2.10. The molecule has 122 valence electrons. The topological polar surface area (TPSA) is 55.1 Å². The minimum atomic E-state index is -0.307. The molecule has 4 aromatic rings. The number of carbonyl (C=O) groups is 1. The Balaban J connectivity index is 1.75. The molecule has 4 nitrogen and oxygen atoms in total. The summed E-state index contributed by atoms with van der Waals surface area (Å²) in [5, 5.41) is 3.36. The average Bonchev–Trinajstić information content (AvgIpc) is 3.33. The van der Waals surface area contributed by atoms with Gasteiger partial charge in [-0.25, -0.2) is 4.98 Å². The Hall–Kier alpha value is -3.18. The molecule has 25 heavy (non-hydrogen) atoms. The number of hydrogen-bond acceptors (Lipinski definition) is 4. The van der Waals surface area contributed by atoms with E-state index >= 15 is 0 Å². The van der Waals surface area contributed by atoms with Crippen molar-refractivity contribution in [2.45, 2.75) is 0 Å².